The number of imidazole rings is 2. The van der Waals surface area contributed by atoms with E-state index >= 15 is 0 Å². The molecule has 6 nitrogen and oxygen atoms in total. The Morgan fingerprint density at radius 2 is 2.10 bits per heavy atom. The second-order valence-corrected chi connectivity index (χ2v) is 5.07. The summed E-state index contributed by atoms with van der Waals surface area (Å²) in [6.45, 7) is 0.849. The van der Waals surface area contributed by atoms with E-state index in [1.807, 2.05) is 18.6 Å². The molecule has 0 spiro atoms. The Kier molecular flexibility index (Phi) is 1.62. The second-order valence-electron chi connectivity index (χ2n) is 5.07. The first-order valence-electron chi connectivity index (χ1n) is 6.48. The first kappa shape index (κ1) is 10.1. The molecule has 20 heavy (non-hydrogen) atoms. The second kappa shape index (κ2) is 3.22. The Hall–Kier alpha value is -2.76. The first-order chi connectivity index (χ1) is 9.84. The lowest BCUT2D eigenvalue weighted by Gasteiger charge is -1.96. The zero-order valence-corrected chi connectivity index (χ0v) is 10.9. The number of aromatic nitrogens is 6. The average Bonchev–Trinajstić information content (AvgIpc) is 3.10. The third kappa shape index (κ3) is 1.01. The number of hydrogen-bond donors (Lipinski definition) is 0. The van der Waals surface area contributed by atoms with Crippen molar-refractivity contribution < 1.29 is 4.57 Å². The molecule has 1 aliphatic heterocycles. The highest BCUT2D eigenvalue weighted by Gasteiger charge is 2.33. The van der Waals surface area contributed by atoms with Gasteiger partial charge in [0.25, 0.3) is 11.3 Å². The Morgan fingerprint density at radius 3 is 3.05 bits per heavy atom. The molecule has 96 valence electrons. The summed E-state index contributed by atoms with van der Waals surface area (Å²) in [7, 11) is 2.07. The predicted octanol–water partition coefficient (Wildman–Crippen LogP) is 0.932. The maximum Gasteiger partial charge on any atom is 0.295 e. The van der Waals surface area contributed by atoms with E-state index in [0.29, 0.717) is 0 Å². The van der Waals surface area contributed by atoms with Gasteiger partial charge in [0.2, 0.25) is 11.5 Å². The van der Waals surface area contributed by atoms with Crippen molar-refractivity contribution in [2.24, 2.45) is 7.05 Å². The van der Waals surface area contributed by atoms with Crippen LogP contribution in [0.2, 0.25) is 0 Å². The lowest BCUT2D eigenvalue weighted by Crippen LogP contribution is -2.30. The maximum atomic E-state index is 4.71. The van der Waals surface area contributed by atoms with Gasteiger partial charge in [0, 0.05) is 18.0 Å². The lowest BCUT2D eigenvalue weighted by atomic mass is 10.2. The van der Waals surface area contributed by atoms with Gasteiger partial charge in [-0.15, -0.1) is 0 Å². The number of nitrogens with zero attached hydrogens (tertiary/aromatic N) is 6. The van der Waals surface area contributed by atoms with Crippen LogP contribution >= 0.6 is 0 Å². The fourth-order valence-electron chi connectivity index (χ4n) is 3.16. The highest BCUT2D eigenvalue weighted by atomic mass is 15.3. The van der Waals surface area contributed by atoms with Crippen LogP contribution in [-0.2, 0) is 13.6 Å². The monoisotopic (exact) mass is 263 g/mol. The Morgan fingerprint density at radius 1 is 1.20 bits per heavy atom. The van der Waals surface area contributed by atoms with Gasteiger partial charge in [-0.05, 0) is 6.07 Å². The molecule has 0 aromatic carbocycles. The molecule has 0 atom stereocenters. The molecule has 4 aromatic heterocycles. The molecule has 6 heteroatoms. The van der Waals surface area contributed by atoms with Gasteiger partial charge in [-0.2, -0.15) is 4.98 Å². The van der Waals surface area contributed by atoms with Crippen LogP contribution < -0.4 is 4.57 Å². The Balaban J connectivity index is 1.98. The molecule has 0 N–H and O–H groups in total. The molecule has 0 radical (unpaired) electrons. The Bertz CT molecular complexity index is 994. The summed E-state index contributed by atoms with van der Waals surface area (Å²) in [6.07, 6.45) is 9.30. The van der Waals surface area contributed by atoms with Crippen molar-refractivity contribution in [1.29, 1.82) is 0 Å². The van der Waals surface area contributed by atoms with E-state index in [-0.39, 0.29) is 0 Å². The summed E-state index contributed by atoms with van der Waals surface area (Å²) in [5, 5.41) is 0. The predicted molar refractivity (Wildman–Crippen MR) is 72.0 cm³/mol. The number of aryl methyl sites for hydroxylation is 1. The minimum atomic E-state index is 0.849. The Labute approximate surface area is 114 Å². The number of pyridine rings is 1. The van der Waals surface area contributed by atoms with Crippen LogP contribution in [0.4, 0.5) is 0 Å². The largest absolute Gasteiger partial charge is 0.295 e. The normalized spacial score (nSPS) is 13.1. The number of hydrogen-bond acceptors (Lipinski definition) is 3. The summed E-state index contributed by atoms with van der Waals surface area (Å²) >= 11 is 0. The van der Waals surface area contributed by atoms with Gasteiger partial charge < -0.3 is 0 Å². The first-order valence-corrected chi connectivity index (χ1v) is 6.48. The zero-order valence-electron chi connectivity index (χ0n) is 10.9. The number of fused-ring (bicyclic) bond motifs is 7. The maximum absolute atomic E-state index is 4.71. The summed E-state index contributed by atoms with van der Waals surface area (Å²) in [6, 6.07) is 2.07. The molecule has 0 fully saturated rings. The molecule has 0 bridgehead atoms. The van der Waals surface area contributed by atoms with Crippen LogP contribution in [0.15, 0.2) is 37.1 Å². The topological polar surface area (TPSA) is 51.9 Å². The molecule has 0 saturated carbocycles. The van der Waals surface area contributed by atoms with Gasteiger partial charge in [-0.1, -0.05) is 0 Å². The molecule has 5 rings (SSSR count). The zero-order chi connectivity index (χ0) is 13.3. The number of rotatable bonds is 0. The van der Waals surface area contributed by atoms with Crippen LogP contribution in [0.5, 0.6) is 0 Å². The average molecular weight is 263 g/mol. The van der Waals surface area contributed by atoms with Crippen molar-refractivity contribution in [3.05, 3.63) is 42.6 Å². The fourth-order valence-corrected chi connectivity index (χ4v) is 3.16. The fraction of sp³-hybridized carbons (Fsp3) is 0.143. The molecule has 0 saturated heterocycles. The molecule has 4 aromatic rings. The highest BCUT2D eigenvalue weighted by Crippen LogP contribution is 2.32. The summed E-state index contributed by atoms with van der Waals surface area (Å²) in [5.41, 5.74) is 5.44. The third-order valence-corrected chi connectivity index (χ3v) is 4.01. The van der Waals surface area contributed by atoms with E-state index in [1.165, 1.54) is 11.1 Å². The third-order valence-electron chi connectivity index (χ3n) is 4.01. The van der Waals surface area contributed by atoms with Gasteiger partial charge in [0.1, 0.15) is 0 Å². The quantitative estimate of drug-likeness (QED) is 0.391. The van der Waals surface area contributed by atoms with Crippen LogP contribution in [-0.4, -0.2) is 23.9 Å². The molecule has 5 heterocycles. The summed E-state index contributed by atoms with van der Waals surface area (Å²) in [5.74, 6) is 1.16. The molecule has 0 unspecified atom stereocenters. The molecule has 0 aliphatic carbocycles. The van der Waals surface area contributed by atoms with Crippen LogP contribution in [0.25, 0.3) is 28.3 Å². The van der Waals surface area contributed by atoms with Gasteiger partial charge >= 0.3 is 0 Å². The van der Waals surface area contributed by atoms with Crippen molar-refractivity contribution in [2.75, 3.05) is 0 Å². The molecule has 0 amide bonds. The van der Waals surface area contributed by atoms with Crippen molar-refractivity contribution >= 4 is 16.9 Å². The molecule has 1 aliphatic rings. The SMILES string of the molecule is C[n+]1c2n(c3nc4cnccn4c31)Cc1ccncc1-2. The summed E-state index contributed by atoms with van der Waals surface area (Å²) in [4.78, 5) is 13.1. The van der Waals surface area contributed by atoms with Crippen molar-refractivity contribution in [3.63, 3.8) is 0 Å². The van der Waals surface area contributed by atoms with Crippen molar-refractivity contribution in [1.82, 2.24) is 23.9 Å². The van der Waals surface area contributed by atoms with E-state index in [9.17, 15) is 0 Å². The minimum absolute atomic E-state index is 0.849. The standard InChI is InChI=1S/C14H11N6/c1-18-13-10-6-15-3-2-9(10)8-20(13)12-14(18)19-5-4-16-7-11(19)17-12/h2-7H,8H2,1H3/q+1. The van der Waals surface area contributed by atoms with E-state index in [4.69, 9.17) is 4.98 Å². The van der Waals surface area contributed by atoms with E-state index < -0.39 is 0 Å². The van der Waals surface area contributed by atoms with E-state index in [0.717, 1.165) is 29.3 Å². The van der Waals surface area contributed by atoms with Crippen LogP contribution in [0.3, 0.4) is 0 Å². The van der Waals surface area contributed by atoms with Gasteiger partial charge in [0.05, 0.1) is 37.7 Å². The van der Waals surface area contributed by atoms with Crippen molar-refractivity contribution in [3.8, 4) is 11.4 Å². The smallest absolute Gasteiger partial charge is 0.264 e. The molecular formula is C14H11N6+. The van der Waals surface area contributed by atoms with Gasteiger partial charge in [0.15, 0.2) is 0 Å². The highest BCUT2D eigenvalue weighted by molar-refractivity contribution is 5.77. The minimum Gasteiger partial charge on any atom is -0.264 e. The van der Waals surface area contributed by atoms with Gasteiger partial charge in [-0.25, -0.2) is 13.5 Å². The van der Waals surface area contributed by atoms with E-state index in [2.05, 4.69) is 36.6 Å². The molecular weight excluding hydrogens is 252 g/mol. The lowest BCUT2D eigenvalue weighted by molar-refractivity contribution is -0.636. The van der Waals surface area contributed by atoms with E-state index in [1.54, 1.807) is 12.4 Å². The van der Waals surface area contributed by atoms with Crippen LogP contribution in [0, 0.1) is 0 Å². The van der Waals surface area contributed by atoms with Crippen molar-refractivity contribution in [2.45, 2.75) is 6.54 Å². The van der Waals surface area contributed by atoms with Crippen LogP contribution in [0.1, 0.15) is 5.56 Å². The summed E-state index contributed by atoms with van der Waals surface area (Å²) < 4.78 is 6.50. The van der Waals surface area contributed by atoms with Gasteiger partial charge in [-0.3, -0.25) is 9.97 Å².